The van der Waals surface area contributed by atoms with Gasteiger partial charge in [-0.2, -0.15) is 0 Å². The summed E-state index contributed by atoms with van der Waals surface area (Å²) in [6.07, 6.45) is 3.22. The first-order valence-electron chi connectivity index (χ1n) is 8.18. The SMILES string of the molecule is CCCCCOC1C(OC)c2cc(NC)ccc2OC1(C)C. The van der Waals surface area contributed by atoms with Gasteiger partial charge in [-0.15, -0.1) is 0 Å². The van der Waals surface area contributed by atoms with Crippen molar-refractivity contribution in [3.63, 3.8) is 0 Å². The minimum absolute atomic E-state index is 0.117. The van der Waals surface area contributed by atoms with Crippen molar-refractivity contribution in [1.82, 2.24) is 0 Å². The van der Waals surface area contributed by atoms with E-state index < -0.39 is 5.60 Å². The van der Waals surface area contributed by atoms with Crippen LogP contribution < -0.4 is 10.1 Å². The second kappa shape index (κ2) is 7.34. The normalized spacial score (nSPS) is 22.8. The number of hydrogen-bond acceptors (Lipinski definition) is 4. The molecule has 124 valence electrons. The molecule has 2 atom stereocenters. The van der Waals surface area contributed by atoms with Crippen molar-refractivity contribution in [3.05, 3.63) is 23.8 Å². The van der Waals surface area contributed by atoms with Crippen LogP contribution in [-0.2, 0) is 9.47 Å². The molecule has 1 N–H and O–H groups in total. The third-order valence-corrected chi connectivity index (χ3v) is 4.24. The highest BCUT2D eigenvalue weighted by Crippen LogP contribution is 2.43. The van der Waals surface area contributed by atoms with Crippen LogP contribution in [0.15, 0.2) is 18.2 Å². The zero-order valence-corrected chi connectivity index (χ0v) is 14.4. The van der Waals surface area contributed by atoms with Crippen molar-refractivity contribution in [1.29, 1.82) is 0 Å². The van der Waals surface area contributed by atoms with Crippen LogP contribution in [0.25, 0.3) is 0 Å². The topological polar surface area (TPSA) is 39.7 Å². The van der Waals surface area contributed by atoms with E-state index in [2.05, 4.69) is 32.2 Å². The molecule has 0 saturated heterocycles. The molecular formula is C18H29NO3. The Morgan fingerprint density at radius 2 is 2.05 bits per heavy atom. The smallest absolute Gasteiger partial charge is 0.132 e. The predicted octanol–water partition coefficient (Wildman–Crippen LogP) is 4.16. The Kier molecular flexibility index (Phi) is 5.70. The summed E-state index contributed by atoms with van der Waals surface area (Å²) in [5.74, 6) is 0.879. The molecule has 0 aliphatic carbocycles. The molecule has 1 aliphatic heterocycles. The number of nitrogens with one attached hydrogen (secondary N) is 1. The van der Waals surface area contributed by atoms with Gasteiger partial charge < -0.3 is 19.5 Å². The monoisotopic (exact) mass is 307 g/mol. The van der Waals surface area contributed by atoms with Gasteiger partial charge in [-0.3, -0.25) is 0 Å². The number of benzene rings is 1. The molecule has 1 aliphatic rings. The fourth-order valence-corrected chi connectivity index (χ4v) is 2.99. The number of ether oxygens (including phenoxy) is 3. The van der Waals surface area contributed by atoms with Crippen molar-refractivity contribution in [2.45, 2.75) is 57.8 Å². The van der Waals surface area contributed by atoms with E-state index in [4.69, 9.17) is 14.2 Å². The molecule has 0 fully saturated rings. The van der Waals surface area contributed by atoms with Gasteiger partial charge in [0.1, 0.15) is 23.6 Å². The molecule has 0 spiro atoms. The molecular weight excluding hydrogens is 278 g/mol. The van der Waals surface area contributed by atoms with Crippen molar-refractivity contribution in [2.75, 3.05) is 26.1 Å². The van der Waals surface area contributed by atoms with E-state index in [1.165, 1.54) is 12.8 Å². The summed E-state index contributed by atoms with van der Waals surface area (Å²) in [4.78, 5) is 0. The lowest BCUT2D eigenvalue weighted by Crippen LogP contribution is -2.51. The Hall–Kier alpha value is -1.26. The standard InChI is InChI=1S/C18H29NO3/c1-6-7-8-11-21-17-16(20-5)14-12-13(19-4)9-10-15(14)22-18(17,2)3/h9-10,12,16-17,19H,6-8,11H2,1-5H3. The van der Waals surface area contributed by atoms with Crippen LogP contribution in [0.2, 0.25) is 0 Å². The number of rotatable bonds is 7. The zero-order chi connectivity index (χ0) is 16.2. The lowest BCUT2D eigenvalue weighted by molar-refractivity contribution is -0.154. The van der Waals surface area contributed by atoms with Crippen LogP contribution in [0.1, 0.15) is 51.7 Å². The van der Waals surface area contributed by atoms with Crippen LogP contribution in [0, 0.1) is 0 Å². The van der Waals surface area contributed by atoms with E-state index in [9.17, 15) is 0 Å². The van der Waals surface area contributed by atoms with Gasteiger partial charge in [0.2, 0.25) is 0 Å². The molecule has 1 aromatic rings. The first kappa shape index (κ1) is 17.1. The Labute approximate surface area is 134 Å². The Morgan fingerprint density at radius 1 is 1.27 bits per heavy atom. The predicted molar refractivity (Wildman–Crippen MR) is 89.7 cm³/mol. The summed E-state index contributed by atoms with van der Waals surface area (Å²) >= 11 is 0. The first-order valence-corrected chi connectivity index (χ1v) is 8.18. The first-order chi connectivity index (χ1) is 10.5. The summed E-state index contributed by atoms with van der Waals surface area (Å²) in [5, 5.41) is 3.17. The van der Waals surface area contributed by atoms with E-state index in [0.29, 0.717) is 0 Å². The fourth-order valence-electron chi connectivity index (χ4n) is 2.99. The van der Waals surface area contributed by atoms with Crippen LogP contribution in [-0.4, -0.2) is 32.5 Å². The highest BCUT2D eigenvalue weighted by atomic mass is 16.6. The summed E-state index contributed by atoms with van der Waals surface area (Å²) in [6.45, 7) is 7.07. The number of unbranched alkanes of at least 4 members (excludes halogenated alkanes) is 2. The molecule has 2 unspecified atom stereocenters. The summed E-state index contributed by atoms with van der Waals surface area (Å²) in [5.41, 5.74) is 1.68. The van der Waals surface area contributed by atoms with E-state index in [1.807, 2.05) is 19.2 Å². The van der Waals surface area contributed by atoms with Gasteiger partial charge in [0.25, 0.3) is 0 Å². The number of fused-ring (bicyclic) bond motifs is 1. The minimum atomic E-state index is -0.416. The molecule has 1 aromatic carbocycles. The van der Waals surface area contributed by atoms with Crippen LogP contribution in [0.3, 0.4) is 0 Å². The van der Waals surface area contributed by atoms with E-state index in [1.54, 1.807) is 7.11 Å². The Bertz CT molecular complexity index is 487. The van der Waals surface area contributed by atoms with Crippen molar-refractivity contribution in [3.8, 4) is 5.75 Å². The number of hydrogen-bond donors (Lipinski definition) is 1. The van der Waals surface area contributed by atoms with Gasteiger partial charge >= 0.3 is 0 Å². The average Bonchev–Trinajstić information content (AvgIpc) is 2.50. The molecule has 22 heavy (non-hydrogen) atoms. The summed E-state index contributed by atoms with van der Waals surface area (Å²) in [7, 11) is 3.65. The van der Waals surface area contributed by atoms with Crippen LogP contribution in [0.4, 0.5) is 5.69 Å². The summed E-state index contributed by atoms with van der Waals surface area (Å²) < 4.78 is 18.1. The van der Waals surface area contributed by atoms with Crippen molar-refractivity contribution < 1.29 is 14.2 Å². The van der Waals surface area contributed by atoms with E-state index in [-0.39, 0.29) is 12.2 Å². The van der Waals surface area contributed by atoms with Gasteiger partial charge in [-0.1, -0.05) is 19.8 Å². The minimum Gasteiger partial charge on any atom is -0.485 e. The van der Waals surface area contributed by atoms with Crippen LogP contribution >= 0.6 is 0 Å². The highest BCUT2D eigenvalue weighted by molar-refractivity contribution is 5.53. The largest absolute Gasteiger partial charge is 0.485 e. The number of anilines is 1. The van der Waals surface area contributed by atoms with Gasteiger partial charge in [0, 0.05) is 32.0 Å². The lowest BCUT2D eigenvalue weighted by Gasteiger charge is -2.44. The van der Waals surface area contributed by atoms with Gasteiger partial charge in [0.15, 0.2) is 0 Å². The van der Waals surface area contributed by atoms with Gasteiger partial charge in [-0.05, 0) is 38.5 Å². The maximum atomic E-state index is 6.19. The van der Waals surface area contributed by atoms with Gasteiger partial charge in [-0.25, -0.2) is 0 Å². The van der Waals surface area contributed by atoms with Crippen molar-refractivity contribution in [2.24, 2.45) is 0 Å². The average molecular weight is 307 g/mol. The molecule has 1 heterocycles. The molecule has 0 saturated carbocycles. The maximum Gasteiger partial charge on any atom is 0.132 e. The second-order valence-corrected chi connectivity index (χ2v) is 6.36. The van der Waals surface area contributed by atoms with Gasteiger partial charge in [0.05, 0.1) is 0 Å². The maximum absolute atomic E-state index is 6.19. The molecule has 0 bridgehead atoms. The Morgan fingerprint density at radius 3 is 2.68 bits per heavy atom. The molecule has 4 heteroatoms. The van der Waals surface area contributed by atoms with Crippen molar-refractivity contribution >= 4 is 5.69 Å². The molecule has 4 nitrogen and oxygen atoms in total. The quantitative estimate of drug-likeness (QED) is 0.768. The van der Waals surface area contributed by atoms with E-state index in [0.717, 1.165) is 30.0 Å². The molecule has 0 aromatic heterocycles. The lowest BCUT2D eigenvalue weighted by atomic mass is 9.88. The molecule has 2 rings (SSSR count). The summed E-state index contributed by atoms with van der Waals surface area (Å²) in [6, 6.07) is 6.10. The van der Waals surface area contributed by atoms with E-state index >= 15 is 0 Å². The molecule has 0 amide bonds. The highest BCUT2D eigenvalue weighted by Gasteiger charge is 2.45. The Balaban J connectivity index is 2.24. The third-order valence-electron chi connectivity index (χ3n) is 4.24. The second-order valence-electron chi connectivity index (χ2n) is 6.36. The number of methoxy groups -OCH3 is 1. The third kappa shape index (κ3) is 3.55. The zero-order valence-electron chi connectivity index (χ0n) is 14.4. The van der Waals surface area contributed by atoms with Crippen LogP contribution in [0.5, 0.6) is 5.75 Å². The fraction of sp³-hybridized carbons (Fsp3) is 0.667. The molecule has 0 radical (unpaired) electrons.